The molecule has 2 aromatic rings. The summed E-state index contributed by atoms with van der Waals surface area (Å²) < 4.78 is 5.29. The molecule has 1 atom stereocenters. The summed E-state index contributed by atoms with van der Waals surface area (Å²) in [5.74, 6) is 0.574. The Bertz CT molecular complexity index is 731. The van der Waals surface area contributed by atoms with Gasteiger partial charge in [-0.2, -0.15) is 0 Å². The maximum atomic E-state index is 11.5. The normalized spacial score (nSPS) is 19.6. The molecule has 0 spiro atoms. The summed E-state index contributed by atoms with van der Waals surface area (Å²) in [5.41, 5.74) is 2.69. The quantitative estimate of drug-likeness (QED) is 0.921. The zero-order valence-electron chi connectivity index (χ0n) is 15.0. The van der Waals surface area contributed by atoms with Crippen LogP contribution in [0.1, 0.15) is 37.4 Å². The van der Waals surface area contributed by atoms with Crippen LogP contribution < -0.4 is 10.1 Å². The molecule has 0 bridgehead atoms. The fraction of sp³-hybridized carbons (Fsp3) is 0.400. The number of pyridine rings is 1. The molecule has 1 aliphatic heterocycles. The molecule has 0 radical (unpaired) electrons. The predicted octanol–water partition coefficient (Wildman–Crippen LogP) is 3.77. The van der Waals surface area contributed by atoms with E-state index >= 15 is 0 Å². The molecular weight excluding hydrogens is 314 g/mol. The minimum Gasteiger partial charge on any atom is -0.410 e. The number of carbonyl (C=O) groups excluding carboxylic acids is 1. The summed E-state index contributed by atoms with van der Waals surface area (Å²) in [7, 11) is 1.56. The van der Waals surface area contributed by atoms with E-state index in [-0.39, 0.29) is 5.41 Å². The van der Waals surface area contributed by atoms with E-state index in [1.165, 1.54) is 11.1 Å². The van der Waals surface area contributed by atoms with E-state index in [1.54, 1.807) is 7.05 Å². The van der Waals surface area contributed by atoms with Gasteiger partial charge in [-0.15, -0.1) is 0 Å². The molecule has 1 saturated heterocycles. The Kier molecular flexibility index (Phi) is 5.04. The first-order valence-electron chi connectivity index (χ1n) is 8.59. The van der Waals surface area contributed by atoms with Crippen LogP contribution in [0.15, 0.2) is 48.8 Å². The molecule has 1 aromatic carbocycles. The highest BCUT2D eigenvalue weighted by molar-refractivity contribution is 5.69. The zero-order chi connectivity index (χ0) is 17.9. The highest BCUT2D eigenvalue weighted by atomic mass is 16.5. The van der Waals surface area contributed by atoms with Gasteiger partial charge in [0.2, 0.25) is 0 Å². The first-order valence-corrected chi connectivity index (χ1v) is 8.59. The molecule has 1 amide bonds. The first kappa shape index (κ1) is 17.4. The highest BCUT2D eigenvalue weighted by Crippen LogP contribution is 2.43. The van der Waals surface area contributed by atoms with Crippen molar-refractivity contribution in [1.82, 2.24) is 15.2 Å². The van der Waals surface area contributed by atoms with Crippen molar-refractivity contribution in [1.29, 1.82) is 0 Å². The van der Waals surface area contributed by atoms with E-state index in [9.17, 15) is 4.79 Å². The van der Waals surface area contributed by atoms with E-state index < -0.39 is 6.09 Å². The smallest absolute Gasteiger partial charge is 0.410 e. The van der Waals surface area contributed by atoms with Gasteiger partial charge in [-0.05, 0) is 47.2 Å². The van der Waals surface area contributed by atoms with Crippen LogP contribution in [-0.2, 0) is 6.54 Å². The molecule has 1 N–H and O–H groups in total. The van der Waals surface area contributed by atoms with Gasteiger partial charge in [-0.25, -0.2) is 4.79 Å². The minimum atomic E-state index is -0.447. The van der Waals surface area contributed by atoms with Crippen molar-refractivity contribution < 1.29 is 9.53 Å². The summed E-state index contributed by atoms with van der Waals surface area (Å²) in [6.45, 7) is 6.52. The summed E-state index contributed by atoms with van der Waals surface area (Å²) in [5, 5.41) is 2.48. The van der Waals surface area contributed by atoms with E-state index in [0.717, 1.165) is 19.5 Å². The molecule has 2 heterocycles. The fourth-order valence-electron chi connectivity index (χ4n) is 3.54. The number of benzene rings is 1. The molecule has 5 nitrogen and oxygen atoms in total. The third kappa shape index (κ3) is 4.37. The average molecular weight is 339 g/mol. The Morgan fingerprint density at radius 3 is 2.80 bits per heavy atom. The molecule has 1 aromatic heterocycles. The molecule has 1 aliphatic rings. The Morgan fingerprint density at radius 2 is 2.08 bits per heavy atom. The topological polar surface area (TPSA) is 54.5 Å². The number of aromatic nitrogens is 1. The number of nitrogens with zero attached hydrogens (tertiary/aromatic N) is 2. The van der Waals surface area contributed by atoms with Crippen LogP contribution in [0.25, 0.3) is 0 Å². The number of likely N-dealkylation sites (tertiary alicyclic amines) is 1. The van der Waals surface area contributed by atoms with Gasteiger partial charge < -0.3 is 10.1 Å². The first-order chi connectivity index (χ1) is 12.0. The molecule has 0 saturated carbocycles. The number of hydrogen-bond acceptors (Lipinski definition) is 4. The van der Waals surface area contributed by atoms with Crippen molar-refractivity contribution in [2.24, 2.45) is 5.41 Å². The second-order valence-corrected chi connectivity index (χ2v) is 7.36. The standard InChI is InChI=1S/C20H25N3O2/c1-20(2)12-18(23(14-20)13-15-7-9-22-10-8-15)16-5-4-6-17(11-16)25-19(24)21-3/h4-11,18H,12-14H2,1-3H3,(H,21,24). The molecule has 1 fully saturated rings. The van der Waals surface area contributed by atoms with Crippen LogP contribution in [0.2, 0.25) is 0 Å². The lowest BCUT2D eigenvalue weighted by molar-refractivity contribution is 0.202. The van der Waals surface area contributed by atoms with Gasteiger partial charge in [0.1, 0.15) is 5.75 Å². The second kappa shape index (κ2) is 7.23. The van der Waals surface area contributed by atoms with Crippen LogP contribution in [0.5, 0.6) is 5.75 Å². The van der Waals surface area contributed by atoms with Crippen molar-refractivity contribution in [2.45, 2.75) is 32.9 Å². The minimum absolute atomic E-state index is 0.245. The fourth-order valence-corrected chi connectivity index (χ4v) is 3.54. The molecule has 25 heavy (non-hydrogen) atoms. The maximum absolute atomic E-state index is 11.5. The average Bonchev–Trinajstić information content (AvgIpc) is 2.90. The van der Waals surface area contributed by atoms with Gasteiger partial charge in [0.25, 0.3) is 0 Å². The van der Waals surface area contributed by atoms with Crippen LogP contribution in [0.4, 0.5) is 4.79 Å². The van der Waals surface area contributed by atoms with E-state index in [0.29, 0.717) is 11.8 Å². The van der Waals surface area contributed by atoms with Crippen LogP contribution >= 0.6 is 0 Å². The highest BCUT2D eigenvalue weighted by Gasteiger charge is 2.38. The summed E-state index contributed by atoms with van der Waals surface area (Å²) >= 11 is 0. The SMILES string of the molecule is CNC(=O)Oc1cccc(C2CC(C)(C)CN2Cc2ccncc2)c1. The third-order valence-corrected chi connectivity index (χ3v) is 4.61. The maximum Gasteiger partial charge on any atom is 0.412 e. The van der Waals surface area contributed by atoms with Gasteiger partial charge >= 0.3 is 6.09 Å². The van der Waals surface area contributed by atoms with E-state index in [2.05, 4.69) is 47.2 Å². The molecule has 0 aliphatic carbocycles. The van der Waals surface area contributed by atoms with Gasteiger partial charge in [0, 0.05) is 38.6 Å². The Balaban J connectivity index is 1.83. The number of carbonyl (C=O) groups is 1. The summed E-state index contributed by atoms with van der Waals surface area (Å²) in [4.78, 5) is 18.1. The number of amides is 1. The number of hydrogen-bond donors (Lipinski definition) is 1. The van der Waals surface area contributed by atoms with Crippen molar-refractivity contribution in [3.8, 4) is 5.75 Å². The second-order valence-electron chi connectivity index (χ2n) is 7.36. The number of ether oxygens (including phenoxy) is 1. The lowest BCUT2D eigenvalue weighted by Gasteiger charge is -2.25. The Labute approximate surface area is 149 Å². The molecule has 132 valence electrons. The Hall–Kier alpha value is -2.40. The van der Waals surface area contributed by atoms with Gasteiger partial charge in [-0.1, -0.05) is 26.0 Å². The van der Waals surface area contributed by atoms with Gasteiger partial charge in [0.05, 0.1) is 0 Å². The van der Waals surface area contributed by atoms with E-state index in [4.69, 9.17) is 4.74 Å². The van der Waals surface area contributed by atoms with Crippen LogP contribution in [-0.4, -0.2) is 29.6 Å². The Morgan fingerprint density at radius 1 is 1.32 bits per heavy atom. The van der Waals surface area contributed by atoms with Crippen molar-refractivity contribution in [3.05, 3.63) is 59.9 Å². The van der Waals surface area contributed by atoms with Gasteiger partial charge in [-0.3, -0.25) is 9.88 Å². The zero-order valence-corrected chi connectivity index (χ0v) is 15.0. The third-order valence-electron chi connectivity index (χ3n) is 4.61. The molecular formula is C20H25N3O2. The van der Waals surface area contributed by atoms with Crippen molar-refractivity contribution >= 4 is 6.09 Å². The van der Waals surface area contributed by atoms with Crippen molar-refractivity contribution in [2.75, 3.05) is 13.6 Å². The summed E-state index contributed by atoms with van der Waals surface area (Å²) in [6, 6.07) is 12.3. The number of nitrogens with one attached hydrogen (secondary N) is 1. The number of rotatable bonds is 4. The lowest BCUT2D eigenvalue weighted by atomic mass is 9.89. The summed E-state index contributed by atoms with van der Waals surface area (Å²) in [6.07, 6.45) is 4.30. The predicted molar refractivity (Wildman–Crippen MR) is 97.3 cm³/mol. The largest absolute Gasteiger partial charge is 0.412 e. The van der Waals surface area contributed by atoms with Crippen LogP contribution in [0, 0.1) is 5.41 Å². The van der Waals surface area contributed by atoms with Gasteiger partial charge in [0.15, 0.2) is 0 Å². The van der Waals surface area contributed by atoms with Crippen molar-refractivity contribution in [3.63, 3.8) is 0 Å². The monoisotopic (exact) mass is 339 g/mol. The molecule has 3 rings (SSSR count). The molecule has 5 heteroatoms. The van der Waals surface area contributed by atoms with Crippen LogP contribution in [0.3, 0.4) is 0 Å². The lowest BCUT2D eigenvalue weighted by Crippen LogP contribution is -2.25. The van der Waals surface area contributed by atoms with E-state index in [1.807, 2.05) is 30.6 Å². The molecule has 1 unspecified atom stereocenters.